The molecule has 0 saturated carbocycles. The third-order valence-electron chi connectivity index (χ3n) is 3.50. The second kappa shape index (κ2) is 11.9. The zero-order valence-corrected chi connectivity index (χ0v) is 13.3. The molecule has 5 heteroatoms. The van der Waals surface area contributed by atoms with Crippen LogP contribution in [0.5, 0.6) is 0 Å². The zero-order valence-electron chi connectivity index (χ0n) is 13.3. The van der Waals surface area contributed by atoms with Gasteiger partial charge in [-0.05, 0) is 13.3 Å². The number of hydrogen-bond acceptors (Lipinski definition) is 2. The van der Waals surface area contributed by atoms with E-state index in [1.807, 2.05) is 0 Å². The molecule has 0 aromatic carbocycles. The number of halogens is 3. The Morgan fingerprint density at radius 2 is 1.43 bits per heavy atom. The number of alkyl halides is 3. The van der Waals surface area contributed by atoms with Crippen molar-refractivity contribution in [2.24, 2.45) is 0 Å². The fourth-order valence-electron chi connectivity index (χ4n) is 2.17. The van der Waals surface area contributed by atoms with Gasteiger partial charge in [-0.3, -0.25) is 0 Å². The van der Waals surface area contributed by atoms with Crippen LogP contribution in [-0.4, -0.2) is 24.7 Å². The van der Waals surface area contributed by atoms with E-state index in [0.717, 1.165) is 25.7 Å². The Bertz CT molecular complexity index is 270. The lowest BCUT2D eigenvalue weighted by atomic mass is 10.0. The molecular weight excluding hydrogens is 281 g/mol. The summed E-state index contributed by atoms with van der Waals surface area (Å²) in [7, 11) is 0. The Morgan fingerprint density at radius 3 is 1.90 bits per heavy atom. The number of carbonyl (C=O) groups excluding carboxylic acids is 1. The molecule has 0 bridgehead atoms. The molecule has 0 aromatic rings. The van der Waals surface area contributed by atoms with Crippen molar-refractivity contribution in [1.82, 2.24) is 0 Å². The Labute approximate surface area is 126 Å². The summed E-state index contributed by atoms with van der Waals surface area (Å²) in [5, 5.41) is 0. The second-order valence-electron chi connectivity index (χ2n) is 5.43. The smallest absolute Gasteiger partial charge is 0.380 e. The molecule has 0 aliphatic rings. The van der Waals surface area contributed by atoms with Crippen molar-refractivity contribution in [3.05, 3.63) is 0 Å². The summed E-state index contributed by atoms with van der Waals surface area (Å²) in [5.41, 5.74) is 0. The second-order valence-corrected chi connectivity index (χ2v) is 5.43. The van der Waals surface area contributed by atoms with Crippen LogP contribution in [0.3, 0.4) is 0 Å². The molecule has 0 heterocycles. The van der Waals surface area contributed by atoms with E-state index in [1.165, 1.54) is 32.6 Å². The van der Waals surface area contributed by atoms with Gasteiger partial charge in [-0.2, -0.15) is 8.78 Å². The summed E-state index contributed by atoms with van der Waals surface area (Å²) >= 11 is 0. The molecule has 21 heavy (non-hydrogen) atoms. The van der Waals surface area contributed by atoms with Gasteiger partial charge in [-0.1, -0.05) is 64.7 Å². The number of rotatable bonds is 13. The van der Waals surface area contributed by atoms with Crippen LogP contribution in [0.15, 0.2) is 0 Å². The SMILES string of the molecule is CCCCCCCCCCCC(F)C(F)(F)C(=O)OCC. The molecule has 2 nitrogen and oxygen atoms in total. The molecule has 0 amide bonds. The van der Waals surface area contributed by atoms with Gasteiger partial charge in [0.1, 0.15) is 0 Å². The van der Waals surface area contributed by atoms with Crippen molar-refractivity contribution in [1.29, 1.82) is 0 Å². The Morgan fingerprint density at radius 1 is 0.952 bits per heavy atom. The fourth-order valence-corrected chi connectivity index (χ4v) is 2.17. The summed E-state index contributed by atoms with van der Waals surface area (Å²) in [6.45, 7) is 3.42. The van der Waals surface area contributed by atoms with Crippen LogP contribution >= 0.6 is 0 Å². The van der Waals surface area contributed by atoms with Crippen molar-refractivity contribution in [2.75, 3.05) is 6.61 Å². The van der Waals surface area contributed by atoms with Crippen LogP contribution in [0.4, 0.5) is 13.2 Å². The van der Waals surface area contributed by atoms with Gasteiger partial charge in [0.15, 0.2) is 6.17 Å². The van der Waals surface area contributed by atoms with Gasteiger partial charge < -0.3 is 4.74 Å². The third kappa shape index (κ3) is 8.99. The van der Waals surface area contributed by atoms with Gasteiger partial charge in [0, 0.05) is 0 Å². The lowest BCUT2D eigenvalue weighted by molar-refractivity contribution is -0.181. The maximum absolute atomic E-state index is 13.4. The van der Waals surface area contributed by atoms with Crippen LogP contribution in [0.25, 0.3) is 0 Å². The minimum atomic E-state index is -4.02. The van der Waals surface area contributed by atoms with E-state index in [-0.39, 0.29) is 13.0 Å². The first kappa shape index (κ1) is 20.3. The molecule has 0 saturated heterocycles. The number of esters is 1. The van der Waals surface area contributed by atoms with Crippen LogP contribution in [0.2, 0.25) is 0 Å². The first-order valence-electron chi connectivity index (χ1n) is 8.15. The quantitative estimate of drug-likeness (QED) is 0.334. The van der Waals surface area contributed by atoms with Crippen molar-refractivity contribution in [3.63, 3.8) is 0 Å². The summed E-state index contributed by atoms with van der Waals surface area (Å²) in [6.07, 6.45) is 6.45. The molecule has 0 spiro atoms. The zero-order chi connectivity index (χ0) is 16.1. The van der Waals surface area contributed by atoms with Gasteiger partial charge in [-0.15, -0.1) is 0 Å². The minimum Gasteiger partial charge on any atom is -0.461 e. The standard InChI is InChI=1S/C16H29F3O2/c1-3-5-6-7-8-9-10-11-12-13-14(17)16(18,19)15(20)21-4-2/h14H,3-13H2,1-2H3. The predicted octanol–water partition coefficient (Wildman–Crippen LogP) is 5.44. The number of unbranched alkanes of at least 4 members (excludes halogenated alkanes) is 8. The van der Waals surface area contributed by atoms with E-state index in [4.69, 9.17) is 0 Å². The van der Waals surface area contributed by atoms with Crippen LogP contribution in [-0.2, 0) is 9.53 Å². The lowest BCUT2D eigenvalue weighted by Crippen LogP contribution is -2.40. The lowest BCUT2D eigenvalue weighted by Gasteiger charge is -2.18. The first-order valence-corrected chi connectivity index (χ1v) is 8.15. The van der Waals surface area contributed by atoms with E-state index < -0.39 is 18.1 Å². The van der Waals surface area contributed by atoms with Gasteiger partial charge in [0.25, 0.3) is 0 Å². The van der Waals surface area contributed by atoms with Crippen LogP contribution in [0.1, 0.15) is 78.1 Å². The molecule has 0 aliphatic heterocycles. The van der Waals surface area contributed by atoms with Crippen LogP contribution in [0, 0.1) is 0 Å². The highest BCUT2D eigenvalue weighted by atomic mass is 19.3. The molecule has 0 fully saturated rings. The van der Waals surface area contributed by atoms with Gasteiger partial charge in [0.2, 0.25) is 0 Å². The largest absolute Gasteiger partial charge is 0.461 e. The monoisotopic (exact) mass is 310 g/mol. The van der Waals surface area contributed by atoms with Crippen molar-refractivity contribution >= 4 is 5.97 Å². The number of hydrogen-bond donors (Lipinski definition) is 0. The van der Waals surface area contributed by atoms with Crippen LogP contribution < -0.4 is 0 Å². The molecular formula is C16H29F3O2. The molecule has 126 valence electrons. The predicted molar refractivity (Wildman–Crippen MR) is 78.3 cm³/mol. The summed E-state index contributed by atoms with van der Waals surface area (Å²) < 4.78 is 44.2. The number of ether oxygens (including phenoxy) is 1. The van der Waals surface area contributed by atoms with E-state index in [2.05, 4.69) is 11.7 Å². The summed E-state index contributed by atoms with van der Waals surface area (Å²) in [5.74, 6) is -5.77. The molecule has 0 radical (unpaired) electrons. The van der Waals surface area contributed by atoms with E-state index >= 15 is 0 Å². The highest BCUT2D eigenvalue weighted by molar-refractivity contribution is 5.78. The maximum Gasteiger partial charge on any atom is 0.380 e. The van der Waals surface area contributed by atoms with Gasteiger partial charge >= 0.3 is 11.9 Å². The molecule has 1 unspecified atom stereocenters. The highest BCUT2D eigenvalue weighted by Crippen LogP contribution is 2.27. The van der Waals surface area contributed by atoms with Gasteiger partial charge in [0.05, 0.1) is 6.61 Å². The molecule has 0 aromatic heterocycles. The van der Waals surface area contributed by atoms with E-state index in [1.54, 1.807) is 0 Å². The summed E-state index contributed by atoms with van der Waals surface area (Å²) in [6, 6.07) is 0. The Balaban J connectivity index is 3.65. The normalized spacial score (nSPS) is 13.2. The van der Waals surface area contributed by atoms with Gasteiger partial charge in [-0.25, -0.2) is 9.18 Å². The molecule has 0 aliphatic carbocycles. The first-order chi connectivity index (χ1) is 9.96. The van der Waals surface area contributed by atoms with Crippen molar-refractivity contribution in [2.45, 2.75) is 90.1 Å². The van der Waals surface area contributed by atoms with Crippen molar-refractivity contribution in [3.8, 4) is 0 Å². The molecule has 0 N–H and O–H groups in total. The van der Waals surface area contributed by atoms with Crippen molar-refractivity contribution < 1.29 is 22.7 Å². The average molecular weight is 310 g/mol. The fraction of sp³-hybridized carbons (Fsp3) is 0.938. The topological polar surface area (TPSA) is 26.3 Å². The minimum absolute atomic E-state index is 0.167. The Kier molecular flexibility index (Phi) is 11.5. The number of carbonyl (C=O) groups is 1. The van der Waals surface area contributed by atoms with E-state index in [9.17, 15) is 18.0 Å². The summed E-state index contributed by atoms with van der Waals surface area (Å²) in [4.78, 5) is 11.0. The highest BCUT2D eigenvalue weighted by Gasteiger charge is 2.49. The third-order valence-corrected chi connectivity index (χ3v) is 3.50. The van der Waals surface area contributed by atoms with E-state index in [0.29, 0.717) is 6.42 Å². The maximum atomic E-state index is 13.4. The average Bonchev–Trinajstić information content (AvgIpc) is 2.45. The molecule has 0 rings (SSSR count). The Hall–Kier alpha value is -0.740. The molecule has 1 atom stereocenters.